The highest BCUT2D eigenvalue weighted by Gasteiger charge is 2.23. The summed E-state index contributed by atoms with van der Waals surface area (Å²) in [4.78, 5) is 26.4. The Kier molecular flexibility index (Phi) is 6.97. The predicted octanol–water partition coefficient (Wildman–Crippen LogP) is 7.35. The first-order chi connectivity index (χ1) is 16.8. The summed E-state index contributed by atoms with van der Waals surface area (Å²) >= 11 is 0. The Morgan fingerprint density at radius 2 is 1.31 bits per heavy atom. The third kappa shape index (κ3) is 6.15. The van der Waals surface area contributed by atoms with E-state index in [1.165, 1.54) is 0 Å². The van der Waals surface area contributed by atoms with Gasteiger partial charge in [-0.1, -0.05) is 66.7 Å². The second kappa shape index (κ2) is 10.3. The van der Waals surface area contributed by atoms with Gasteiger partial charge in [-0.05, 0) is 62.2 Å². The van der Waals surface area contributed by atoms with E-state index in [0.29, 0.717) is 22.7 Å². The molecular formula is C30H27NO4. The summed E-state index contributed by atoms with van der Waals surface area (Å²) in [7, 11) is 0. The van der Waals surface area contributed by atoms with Gasteiger partial charge < -0.3 is 14.8 Å². The molecule has 0 unspecified atom stereocenters. The highest BCUT2D eigenvalue weighted by atomic mass is 16.6. The molecule has 1 amide bonds. The van der Waals surface area contributed by atoms with Crippen LogP contribution in [0.1, 0.15) is 41.5 Å². The molecule has 0 aliphatic heterocycles. The van der Waals surface area contributed by atoms with Crippen molar-refractivity contribution in [2.45, 2.75) is 26.4 Å². The number of amides is 1. The number of carbonyl (C=O) groups excluding carboxylic acids is 2. The van der Waals surface area contributed by atoms with Crippen molar-refractivity contribution < 1.29 is 19.1 Å². The molecule has 4 rings (SSSR count). The molecule has 0 radical (unpaired) electrons. The van der Waals surface area contributed by atoms with E-state index >= 15 is 0 Å². The average molecular weight is 466 g/mol. The molecule has 0 saturated heterocycles. The maximum atomic E-state index is 13.4. The summed E-state index contributed by atoms with van der Waals surface area (Å²) in [6.07, 6.45) is 0. The van der Waals surface area contributed by atoms with Crippen molar-refractivity contribution in [3.63, 3.8) is 0 Å². The van der Waals surface area contributed by atoms with E-state index in [9.17, 15) is 9.59 Å². The lowest BCUT2D eigenvalue weighted by Crippen LogP contribution is -2.25. The van der Waals surface area contributed by atoms with Crippen LogP contribution in [0.4, 0.5) is 5.69 Å². The van der Waals surface area contributed by atoms with Gasteiger partial charge in [0.25, 0.3) is 5.91 Å². The van der Waals surface area contributed by atoms with Crippen LogP contribution < -0.4 is 10.1 Å². The lowest BCUT2D eigenvalue weighted by Gasteiger charge is -2.21. The van der Waals surface area contributed by atoms with E-state index in [1.807, 2.05) is 78.9 Å². The number of para-hydroxylation sites is 1. The molecule has 0 bridgehead atoms. The normalized spacial score (nSPS) is 10.9. The molecule has 5 heteroatoms. The van der Waals surface area contributed by atoms with Crippen molar-refractivity contribution in [2.75, 3.05) is 5.32 Å². The zero-order chi connectivity index (χ0) is 24.8. The van der Waals surface area contributed by atoms with Gasteiger partial charge in [0, 0.05) is 11.6 Å². The quantitative estimate of drug-likeness (QED) is 0.302. The molecule has 5 nitrogen and oxygen atoms in total. The largest absolute Gasteiger partial charge is 0.457 e. The lowest BCUT2D eigenvalue weighted by atomic mass is 9.99. The summed E-state index contributed by atoms with van der Waals surface area (Å²) in [5.41, 5.74) is 2.07. The van der Waals surface area contributed by atoms with Gasteiger partial charge in [-0.25, -0.2) is 4.79 Å². The first kappa shape index (κ1) is 23.8. The molecule has 4 aromatic rings. The van der Waals surface area contributed by atoms with Crippen molar-refractivity contribution in [3.05, 3.63) is 114 Å². The molecule has 0 fully saturated rings. The van der Waals surface area contributed by atoms with Crippen molar-refractivity contribution in [1.82, 2.24) is 0 Å². The number of anilines is 1. The number of esters is 1. The lowest BCUT2D eigenvalue weighted by molar-refractivity contribution is 0.00707. The Labute approximate surface area is 205 Å². The number of ether oxygens (including phenoxy) is 2. The second-order valence-corrected chi connectivity index (χ2v) is 8.99. The number of rotatable bonds is 6. The molecule has 35 heavy (non-hydrogen) atoms. The number of carbonyl (C=O) groups is 2. The van der Waals surface area contributed by atoms with Crippen LogP contribution in [0.5, 0.6) is 11.5 Å². The standard InChI is InChI=1S/C30H27NO4/c1-30(2,3)35-29(33)26-19-18-23(34-22-14-8-5-9-15-22)20-27(26)31-28(32)25-17-11-10-16-24(25)21-12-6-4-7-13-21/h4-20H,1-3H3,(H,31,32). The first-order valence-electron chi connectivity index (χ1n) is 11.4. The molecular weight excluding hydrogens is 438 g/mol. The summed E-state index contributed by atoms with van der Waals surface area (Å²) in [5, 5.41) is 2.91. The van der Waals surface area contributed by atoms with E-state index in [2.05, 4.69) is 5.32 Å². The first-order valence-corrected chi connectivity index (χ1v) is 11.4. The van der Waals surface area contributed by atoms with Crippen LogP contribution >= 0.6 is 0 Å². The van der Waals surface area contributed by atoms with E-state index in [0.717, 1.165) is 11.1 Å². The van der Waals surface area contributed by atoms with Crippen molar-refractivity contribution in [2.24, 2.45) is 0 Å². The Morgan fingerprint density at radius 3 is 2.00 bits per heavy atom. The van der Waals surface area contributed by atoms with E-state index in [1.54, 1.807) is 45.0 Å². The monoisotopic (exact) mass is 465 g/mol. The van der Waals surface area contributed by atoms with Crippen LogP contribution in [0.15, 0.2) is 103 Å². The minimum Gasteiger partial charge on any atom is -0.457 e. The molecule has 0 atom stereocenters. The molecule has 4 aromatic carbocycles. The van der Waals surface area contributed by atoms with Crippen molar-refractivity contribution >= 4 is 17.6 Å². The maximum Gasteiger partial charge on any atom is 0.340 e. The topological polar surface area (TPSA) is 64.6 Å². The van der Waals surface area contributed by atoms with E-state index in [-0.39, 0.29) is 11.5 Å². The number of nitrogens with one attached hydrogen (secondary N) is 1. The van der Waals surface area contributed by atoms with Gasteiger partial charge in [-0.15, -0.1) is 0 Å². The van der Waals surface area contributed by atoms with Crippen LogP contribution in [0.2, 0.25) is 0 Å². The van der Waals surface area contributed by atoms with Gasteiger partial charge in [0.05, 0.1) is 11.3 Å². The minimum atomic E-state index is -0.683. The van der Waals surface area contributed by atoms with Crippen LogP contribution in [-0.4, -0.2) is 17.5 Å². The Bertz CT molecular complexity index is 1330. The third-order valence-electron chi connectivity index (χ3n) is 5.09. The fourth-order valence-corrected chi connectivity index (χ4v) is 3.57. The average Bonchev–Trinajstić information content (AvgIpc) is 2.84. The number of hydrogen-bond acceptors (Lipinski definition) is 4. The van der Waals surface area contributed by atoms with Crippen LogP contribution in [0.3, 0.4) is 0 Å². The molecule has 0 heterocycles. The summed E-state index contributed by atoms with van der Waals surface area (Å²) < 4.78 is 11.5. The summed E-state index contributed by atoms with van der Waals surface area (Å²) in [6.45, 7) is 5.39. The highest BCUT2D eigenvalue weighted by Crippen LogP contribution is 2.30. The Morgan fingerprint density at radius 1 is 0.686 bits per heavy atom. The molecule has 0 aliphatic carbocycles. The van der Waals surface area contributed by atoms with Crippen LogP contribution in [0.25, 0.3) is 11.1 Å². The van der Waals surface area contributed by atoms with Gasteiger partial charge in [0.15, 0.2) is 0 Å². The van der Waals surface area contributed by atoms with Gasteiger partial charge >= 0.3 is 5.97 Å². The highest BCUT2D eigenvalue weighted by molar-refractivity contribution is 6.11. The van der Waals surface area contributed by atoms with Crippen molar-refractivity contribution in [3.8, 4) is 22.6 Å². The molecule has 1 N–H and O–H groups in total. The molecule has 0 aliphatic rings. The third-order valence-corrected chi connectivity index (χ3v) is 5.09. The van der Waals surface area contributed by atoms with Gasteiger partial charge in [0.1, 0.15) is 17.1 Å². The minimum absolute atomic E-state index is 0.242. The van der Waals surface area contributed by atoms with Gasteiger partial charge in [-0.2, -0.15) is 0 Å². The fraction of sp³-hybridized carbons (Fsp3) is 0.133. The molecule has 0 aromatic heterocycles. The van der Waals surface area contributed by atoms with Crippen LogP contribution in [-0.2, 0) is 4.74 Å². The number of hydrogen-bond donors (Lipinski definition) is 1. The van der Waals surface area contributed by atoms with E-state index < -0.39 is 11.6 Å². The number of benzene rings is 4. The molecule has 0 spiro atoms. The van der Waals surface area contributed by atoms with Gasteiger partial charge in [-0.3, -0.25) is 4.79 Å². The zero-order valence-electron chi connectivity index (χ0n) is 19.9. The smallest absolute Gasteiger partial charge is 0.340 e. The zero-order valence-corrected chi connectivity index (χ0v) is 19.9. The Balaban J connectivity index is 1.69. The summed E-state index contributed by atoms with van der Waals surface area (Å²) in [5.74, 6) is 0.251. The van der Waals surface area contributed by atoms with Crippen LogP contribution in [0, 0.1) is 0 Å². The second-order valence-electron chi connectivity index (χ2n) is 8.99. The van der Waals surface area contributed by atoms with E-state index in [4.69, 9.17) is 9.47 Å². The predicted molar refractivity (Wildman–Crippen MR) is 138 cm³/mol. The maximum absolute atomic E-state index is 13.4. The molecule has 0 saturated carbocycles. The molecule has 176 valence electrons. The Hall–Kier alpha value is -4.38. The SMILES string of the molecule is CC(C)(C)OC(=O)c1ccc(Oc2ccccc2)cc1NC(=O)c1ccccc1-c1ccccc1. The van der Waals surface area contributed by atoms with Crippen molar-refractivity contribution in [1.29, 1.82) is 0 Å². The van der Waals surface area contributed by atoms with Gasteiger partial charge in [0.2, 0.25) is 0 Å². The fourth-order valence-electron chi connectivity index (χ4n) is 3.57. The summed E-state index contributed by atoms with van der Waals surface area (Å²) in [6, 6.07) is 31.2.